The van der Waals surface area contributed by atoms with E-state index in [9.17, 15) is 9.90 Å². The maximum atomic E-state index is 12.5. The minimum atomic E-state index is -0.179. The molecule has 1 heterocycles. The van der Waals surface area contributed by atoms with Crippen molar-refractivity contribution in [1.82, 2.24) is 9.80 Å². The Kier molecular flexibility index (Phi) is 6.32. The van der Waals surface area contributed by atoms with Crippen molar-refractivity contribution in [3.05, 3.63) is 29.8 Å². The quantitative estimate of drug-likeness (QED) is 0.857. The Labute approximate surface area is 150 Å². The molecule has 2 fully saturated rings. The van der Waals surface area contributed by atoms with Gasteiger partial charge < -0.3 is 14.7 Å². The largest absolute Gasteiger partial charge is 0.494 e. The van der Waals surface area contributed by atoms with Crippen LogP contribution in [0, 0.1) is 0 Å². The summed E-state index contributed by atoms with van der Waals surface area (Å²) in [5.74, 6) is 1.11. The molecule has 5 heteroatoms. The summed E-state index contributed by atoms with van der Waals surface area (Å²) in [6.45, 7) is 5.98. The summed E-state index contributed by atoms with van der Waals surface area (Å²) in [6.07, 6.45) is 4.28. The van der Waals surface area contributed by atoms with Gasteiger partial charge in [-0.1, -0.05) is 12.1 Å². The van der Waals surface area contributed by atoms with Crippen LogP contribution in [0.3, 0.4) is 0 Å². The van der Waals surface area contributed by atoms with Crippen molar-refractivity contribution in [2.75, 3.05) is 32.8 Å². The van der Waals surface area contributed by atoms with Crippen LogP contribution >= 0.6 is 0 Å². The molecule has 1 amide bonds. The summed E-state index contributed by atoms with van der Waals surface area (Å²) >= 11 is 0. The van der Waals surface area contributed by atoms with Crippen molar-refractivity contribution >= 4 is 5.91 Å². The molecule has 1 aromatic carbocycles. The number of carbonyl (C=O) groups excluding carboxylic acids is 1. The van der Waals surface area contributed by atoms with Gasteiger partial charge in [0.15, 0.2) is 0 Å². The first kappa shape index (κ1) is 18.2. The molecule has 3 rings (SSSR count). The minimum Gasteiger partial charge on any atom is -0.494 e. The number of benzene rings is 1. The second-order valence-electron chi connectivity index (χ2n) is 7.06. The highest BCUT2D eigenvalue weighted by molar-refractivity contribution is 5.76. The molecule has 0 aromatic heterocycles. The lowest BCUT2D eigenvalue weighted by Gasteiger charge is -2.39. The van der Waals surface area contributed by atoms with E-state index in [1.807, 2.05) is 36.1 Å². The second-order valence-corrected chi connectivity index (χ2v) is 7.06. The molecule has 1 aromatic rings. The molecular weight excluding hydrogens is 316 g/mol. The lowest BCUT2D eigenvalue weighted by Crippen LogP contribution is -2.53. The fourth-order valence-electron chi connectivity index (χ4n) is 3.98. The summed E-state index contributed by atoms with van der Waals surface area (Å²) in [5.41, 5.74) is 1.17. The number of nitrogens with zero attached hydrogens (tertiary/aromatic N) is 2. The maximum Gasteiger partial charge on any atom is 0.222 e. The van der Waals surface area contributed by atoms with Crippen molar-refractivity contribution in [3.63, 3.8) is 0 Å². The minimum absolute atomic E-state index is 0.179. The molecule has 0 spiro atoms. The van der Waals surface area contributed by atoms with Crippen LogP contribution in [0.1, 0.15) is 38.2 Å². The number of ether oxygens (including phenoxy) is 1. The number of carbonyl (C=O) groups is 1. The van der Waals surface area contributed by atoms with Gasteiger partial charge in [-0.3, -0.25) is 9.69 Å². The Bertz CT molecular complexity index is 553. The zero-order chi connectivity index (χ0) is 17.6. The summed E-state index contributed by atoms with van der Waals surface area (Å²) in [7, 11) is 0. The monoisotopic (exact) mass is 346 g/mol. The molecule has 1 aliphatic heterocycles. The molecule has 1 N–H and O–H groups in total. The van der Waals surface area contributed by atoms with E-state index in [4.69, 9.17) is 4.74 Å². The van der Waals surface area contributed by atoms with Crippen LogP contribution in [0.15, 0.2) is 24.3 Å². The van der Waals surface area contributed by atoms with Gasteiger partial charge in [0, 0.05) is 38.6 Å². The number of piperazine rings is 1. The van der Waals surface area contributed by atoms with Gasteiger partial charge in [0.1, 0.15) is 5.75 Å². The van der Waals surface area contributed by atoms with E-state index < -0.39 is 0 Å². The number of hydrogen-bond donors (Lipinski definition) is 1. The van der Waals surface area contributed by atoms with Crippen molar-refractivity contribution in [2.24, 2.45) is 0 Å². The predicted octanol–water partition coefficient (Wildman–Crippen LogP) is 2.08. The van der Waals surface area contributed by atoms with Crippen LogP contribution in [-0.4, -0.2) is 65.7 Å². The zero-order valence-electron chi connectivity index (χ0n) is 15.2. The van der Waals surface area contributed by atoms with Crippen LogP contribution in [-0.2, 0) is 11.2 Å². The fraction of sp³-hybridized carbons (Fsp3) is 0.650. The maximum absolute atomic E-state index is 12.5. The van der Waals surface area contributed by atoms with Crippen molar-refractivity contribution in [1.29, 1.82) is 0 Å². The average molecular weight is 346 g/mol. The number of rotatable bonds is 6. The number of hydrogen-bond acceptors (Lipinski definition) is 4. The zero-order valence-corrected chi connectivity index (χ0v) is 15.2. The normalized spacial score (nSPS) is 24.5. The topological polar surface area (TPSA) is 53.0 Å². The van der Waals surface area contributed by atoms with E-state index in [2.05, 4.69) is 4.90 Å². The van der Waals surface area contributed by atoms with E-state index in [1.54, 1.807) is 0 Å². The molecule has 1 aliphatic carbocycles. The summed E-state index contributed by atoms with van der Waals surface area (Å²) in [5, 5.41) is 10.0. The van der Waals surface area contributed by atoms with Crippen LogP contribution in [0.5, 0.6) is 5.75 Å². The first-order chi connectivity index (χ1) is 12.2. The first-order valence-electron chi connectivity index (χ1n) is 9.59. The smallest absolute Gasteiger partial charge is 0.222 e. The lowest BCUT2D eigenvalue weighted by atomic mass is 10.1. The van der Waals surface area contributed by atoms with E-state index in [-0.39, 0.29) is 12.0 Å². The Morgan fingerprint density at radius 2 is 1.88 bits per heavy atom. The van der Waals surface area contributed by atoms with Crippen LogP contribution in [0.2, 0.25) is 0 Å². The molecular formula is C20H30N2O3. The van der Waals surface area contributed by atoms with Crippen LogP contribution in [0.4, 0.5) is 0 Å². The third kappa shape index (κ3) is 4.73. The number of amides is 1. The lowest BCUT2D eigenvalue weighted by molar-refractivity contribution is -0.133. The molecule has 2 atom stereocenters. The molecule has 0 unspecified atom stereocenters. The van der Waals surface area contributed by atoms with Gasteiger partial charge in [-0.05, 0) is 50.3 Å². The van der Waals surface area contributed by atoms with Crippen molar-refractivity contribution in [3.8, 4) is 5.75 Å². The van der Waals surface area contributed by atoms with E-state index >= 15 is 0 Å². The van der Waals surface area contributed by atoms with Crippen molar-refractivity contribution < 1.29 is 14.6 Å². The van der Waals surface area contributed by atoms with Crippen LogP contribution < -0.4 is 4.74 Å². The Morgan fingerprint density at radius 1 is 1.16 bits per heavy atom. The second kappa shape index (κ2) is 8.68. The highest BCUT2D eigenvalue weighted by Crippen LogP contribution is 2.25. The summed E-state index contributed by atoms with van der Waals surface area (Å²) in [4.78, 5) is 16.8. The number of aliphatic hydroxyl groups excluding tert-OH is 1. The van der Waals surface area contributed by atoms with Crippen molar-refractivity contribution in [2.45, 2.75) is 51.2 Å². The number of aliphatic hydroxyl groups is 1. The van der Waals surface area contributed by atoms with Gasteiger partial charge in [-0.2, -0.15) is 0 Å². The molecule has 1 saturated carbocycles. The molecule has 2 aliphatic rings. The average Bonchev–Trinajstić information content (AvgIpc) is 3.07. The van der Waals surface area contributed by atoms with Crippen LogP contribution in [0.25, 0.3) is 0 Å². The fourth-order valence-corrected chi connectivity index (χ4v) is 3.98. The SMILES string of the molecule is CCOc1ccc(CCC(=O)N2CCN([C@H]3CCC[C@@H]3O)CC2)cc1. The third-order valence-electron chi connectivity index (χ3n) is 5.44. The van der Waals surface area contributed by atoms with Gasteiger partial charge in [0.05, 0.1) is 12.7 Å². The van der Waals surface area contributed by atoms with Gasteiger partial charge in [0.2, 0.25) is 5.91 Å². The van der Waals surface area contributed by atoms with E-state index in [1.165, 1.54) is 5.56 Å². The van der Waals surface area contributed by atoms with Gasteiger partial charge in [-0.15, -0.1) is 0 Å². The molecule has 0 radical (unpaired) electrons. The molecule has 1 saturated heterocycles. The third-order valence-corrected chi connectivity index (χ3v) is 5.44. The Morgan fingerprint density at radius 3 is 2.48 bits per heavy atom. The van der Waals surface area contributed by atoms with Gasteiger partial charge in [-0.25, -0.2) is 0 Å². The molecule has 25 heavy (non-hydrogen) atoms. The predicted molar refractivity (Wildman–Crippen MR) is 97.7 cm³/mol. The molecule has 0 bridgehead atoms. The first-order valence-corrected chi connectivity index (χ1v) is 9.59. The highest BCUT2D eigenvalue weighted by atomic mass is 16.5. The van der Waals surface area contributed by atoms with Gasteiger partial charge in [0.25, 0.3) is 0 Å². The standard InChI is InChI=1S/C20H30N2O3/c1-2-25-17-9-6-16(7-10-17)8-11-20(24)22-14-12-21(13-15-22)18-4-3-5-19(18)23/h6-7,9-10,18-19,23H,2-5,8,11-15H2,1H3/t18-,19-/m0/s1. The van der Waals surface area contributed by atoms with E-state index in [0.29, 0.717) is 19.1 Å². The number of aryl methyl sites for hydroxylation is 1. The molecule has 5 nitrogen and oxygen atoms in total. The molecule has 138 valence electrons. The summed E-state index contributed by atoms with van der Waals surface area (Å²) < 4.78 is 5.44. The Balaban J connectivity index is 1.42. The van der Waals surface area contributed by atoms with E-state index in [0.717, 1.165) is 57.6 Å². The highest BCUT2D eigenvalue weighted by Gasteiger charge is 2.33. The Hall–Kier alpha value is -1.59. The summed E-state index contributed by atoms with van der Waals surface area (Å²) in [6, 6.07) is 8.32. The van der Waals surface area contributed by atoms with Gasteiger partial charge >= 0.3 is 0 Å².